The molecular weight excluding hydrogens is 664 g/mol. The van der Waals surface area contributed by atoms with E-state index in [9.17, 15) is 19.5 Å². The maximum Gasteiger partial charge on any atom is 0.347 e. The van der Waals surface area contributed by atoms with Crippen molar-refractivity contribution >= 4 is 39.3 Å². The number of carbonyl (C=O) groups is 3. The summed E-state index contributed by atoms with van der Waals surface area (Å²) in [5.74, 6) is -0.525. The molecule has 0 aliphatic rings. The van der Waals surface area contributed by atoms with Crippen LogP contribution in [0.15, 0.2) is 97.1 Å². The number of nitrogens with zero attached hydrogens (tertiary/aromatic N) is 2. The second-order valence-corrected chi connectivity index (χ2v) is 11.6. The average molecular weight is 701 g/mol. The van der Waals surface area contributed by atoms with Crippen LogP contribution in [0.1, 0.15) is 46.2 Å². The minimum atomic E-state index is -1.86. The molecule has 12 heteroatoms. The lowest BCUT2D eigenvalue weighted by molar-refractivity contribution is -0.139. The number of para-hydroxylation sites is 2. The molecule has 4 aromatic carbocycles. The number of hydrogen-bond donors (Lipinski definition) is 3. The normalized spacial score (nSPS) is 10.9. The molecule has 264 valence electrons. The third-order valence-electron chi connectivity index (χ3n) is 8.00. The van der Waals surface area contributed by atoms with E-state index in [1.54, 1.807) is 64.1 Å². The predicted octanol–water partition coefficient (Wildman–Crippen LogP) is 7.35. The first kappa shape index (κ1) is 35.1. The maximum atomic E-state index is 13.7. The van der Waals surface area contributed by atoms with E-state index in [-0.39, 0.29) is 36.1 Å². The second-order valence-electron chi connectivity index (χ2n) is 11.6. The highest BCUT2D eigenvalue weighted by Crippen LogP contribution is 2.36. The molecule has 0 aliphatic heterocycles. The van der Waals surface area contributed by atoms with Crippen LogP contribution in [0.4, 0.5) is 0 Å². The Bertz CT molecular complexity index is 2130. The molecule has 0 saturated heterocycles. The van der Waals surface area contributed by atoms with Crippen molar-refractivity contribution in [2.24, 2.45) is 0 Å². The second kappa shape index (κ2) is 15.5. The molecule has 2 heterocycles. The highest BCUT2D eigenvalue weighted by Gasteiger charge is 2.29. The van der Waals surface area contributed by atoms with Crippen molar-refractivity contribution in [2.75, 3.05) is 13.2 Å². The summed E-state index contributed by atoms with van der Waals surface area (Å²) in [5.41, 5.74) is 0.666. The van der Waals surface area contributed by atoms with Crippen LogP contribution in [-0.4, -0.2) is 52.2 Å². The van der Waals surface area contributed by atoms with Crippen LogP contribution in [0.2, 0.25) is 0 Å². The van der Waals surface area contributed by atoms with Gasteiger partial charge in [0.1, 0.15) is 23.0 Å². The monoisotopic (exact) mass is 700 g/mol. The minimum Gasteiger partial charge on any atom is -0.491 e. The van der Waals surface area contributed by atoms with Gasteiger partial charge in [-0.1, -0.05) is 36.4 Å². The molecule has 3 N–H and O–H groups in total. The van der Waals surface area contributed by atoms with Gasteiger partial charge in [0.05, 0.1) is 13.2 Å². The Labute approximate surface area is 299 Å². The Kier molecular flexibility index (Phi) is 10.5. The third-order valence-corrected chi connectivity index (χ3v) is 8.00. The summed E-state index contributed by atoms with van der Waals surface area (Å²) in [6, 6.07) is 29.1. The molecule has 2 amide bonds. The molecular formula is C40H36N4O8. The molecule has 12 nitrogen and oxygen atoms in total. The zero-order valence-corrected chi connectivity index (χ0v) is 28.9. The highest BCUT2D eigenvalue weighted by molar-refractivity contribution is 6.06. The zero-order chi connectivity index (χ0) is 36.8. The van der Waals surface area contributed by atoms with Crippen molar-refractivity contribution in [1.29, 1.82) is 0 Å². The van der Waals surface area contributed by atoms with Crippen LogP contribution in [-0.2, 0) is 4.79 Å². The van der Waals surface area contributed by atoms with Crippen LogP contribution in [0, 0.1) is 13.8 Å². The van der Waals surface area contributed by atoms with Gasteiger partial charge in [0, 0.05) is 32.9 Å². The quantitative estimate of drug-likeness (QED) is 0.104. The van der Waals surface area contributed by atoms with Gasteiger partial charge in [-0.05, 0) is 88.4 Å². The van der Waals surface area contributed by atoms with Gasteiger partial charge in [-0.15, -0.1) is 0 Å². The number of aliphatic carboxylic acids is 1. The van der Waals surface area contributed by atoms with Crippen molar-refractivity contribution in [3.63, 3.8) is 0 Å². The van der Waals surface area contributed by atoms with E-state index in [4.69, 9.17) is 18.9 Å². The van der Waals surface area contributed by atoms with E-state index in [0.29, 0.717) is 55.9 Å². The molecule has 0 aliphatic carbocycles. The van der Waals surface area contributed by atoms with Crippen LogP contribution in [0.5, 0.6) is 34.5 Å². The maximum absolute atomic E-state index is 13.7. The Morgan fingerprint density at radius 3 is 1.37 bits per heavy atom. The predicted molar refractivity (Wildman–Crippen MR) is 195 cm³/mol. The number of aryl methyl sites for hydroxylation is 2. The van der Waals surface area contributed by atoms with E-state index in [1.807, 2.05) is 60.7 Å². The number of carboxylic acids is 1. The van der Waals surface area contributed by atoms with Gasteiger partial charge < -0.3 is 34.7 Å². The Balaban J connectivity index is 1.27. The largest absolute Gasteiger partial charge is 0.491 e. The fraction of sp³-hybridized carbons (Fsp3) is 0.175. The Hall–Kier alpha value is -6.69. The summed E-state index contributed by atoms with van der Waals surface area (Å²) in [6.45, 7) is 7.36. The van der Waals surface area contributed by atoms with Gasteiger partial charge in [-0.3, -0.25) is 9.59 Å². The first-order chi connectivity index (χ1) is 25.2. The molecule has 0 spiro atoms. The van der Waals surface area contributed by atoms with E-state index in [1.165, 1.54) is 0 Å². The van der Waals surface area contributed by atoms with Crippen molar-refractivity contribution in [3.05, 3.63) is 120 Å². The number of rotatable bonds is 13. The van der Waals surface area contributed by atoms with Gasteiger partial charge in [0.15, 0.2) is 22.9 Å². The average Bonchev–Trinajstić information content (AvgIpc) is 3.14. The summed E-state index contributed by atoms with van der Waals surface area (Å²) in [6.07, 6.45) is -1.86. The number of carbonyl (C=O) groups excluding carboxylic acids is 2. The lowest BCUT2D eigenvalue weighted by Gasteiger charge is -2.20. The molecule has 0 radical (unpaired) electrons. The van der Waals surface area contributed by atoms with Crippen molar-refractivity contribution in [1.82, 2.24) is 20.6 Å². The van der Waals surface area contributed by atoms with Crippen LogP contribution in [0.25, 0.3) is 21.5 Å². The number of aromatic nitrogens is 2. The number of fused-ring (bicyclic) bond motifs is 2. The molecule has 0 fully saturated rings. The number of ether oxygens (including phenoxy) is 4. The minimum absolute atomic E-state index is 0.146. The zero-order valence-electron chi connectivity index (χ0n) is 28.9. The molecule has 6 rings (SSSR count). The van der Waals surface area contributed by atoms with E-state index < -0.39 is 23.9 Å². The SMILES string of the molecule is CCOc1c(C(=O)NC(NC(=O)c2nc(C)c3cc(Oc4ccccc4)ccc3c2OCC)C(=O)O)nc(C)c2cc(Oc3ccccc3)ccc12. The molecule has 6 aromatic rings. The molecule has 52 heavy (non-hydrogen) atoms. The summed E-state index contributed by atoms with van der Waals surface area (Å²) in [5, 5.41) is 17.4. The Morgan fingerprint density at radius 1 is 0.596 bits per heavy atom. The van der Waals surface area contributed by atoms with Crippen LogP contribution >= 0.6 is 0 Å². The number of pyridine rings is 2. The number of amides is 2. The highest BCUT2D eigenvalue weighted by atomic mass is 16.5. The number of carboxylic acid groups (broad SMARTS) is 1. The molecule has 0 saturated carbocycles. The smallest absolute Gasteiger partial charge is 0.347 e. The first-order valence-corrected chi connectivity index (χ1v) is 16.6. The van der Waals surface area contributed by atoms with Crippen molar-refractivity contribution in [2.45, 2.75) is 33.9 Å². The third kappa shape index (κ3) is 7.55. The lowest BCUT2D eigenvalue weighted by atomic mass is 10.1. The fourth-order valence-corrected chi connectivity index (χ4v) is 5.68. The molecule has 0 bridgehead atoms. The van der Waals surface area contributed by atoms with Crippen molar-refractivity contribution in [3.8, 4) is 34.5 Å². The van der Waals surface area contributed by atoms with E-state index in [2.05, 4.69) is 20.6 Å². The summed E-state index contributed by atoms with van der Waals surface area (Å²) < 4.78 is 23.7. The number of nitrogens with one attached hydrogen (secondary N) is 2. The van der Waals surface area contributed by atoms with Gasteiger partial charge in [-0.25, -0.2) is 14.8 Å². The number of benzene rings is 4. The van der Waals surface area contributed by atoms with Crippen LogP contribution in [0.3, 0.4) is 0 Å². The first-order valence-electron chi connectivity index (χ1n) is 16.6. The fourth-order valence-electron chi connectivity index (χ4n) is 5.68. The van der Waals surface area contributed by atoms with Crippen molar-refractivity contribution < 1.29 is 38.4 Å². The standard InChI is InChI=1S/C40H36N4O8/c1-5-49-35-29-19-17-27(51-25-13-9-7-10-14-25)21-31(29)23(3)41-33(35)38(45)43-37(40(47)48)44-39(46)34-36(50-6-2)30-20-18-28(22-32(30)24(4)42-34)52-26-15-11-8-12-16-26/h7-22,37H,5-6H2,1-4H3,(H,43,45)(H,44,46)(H,47,48). The van der Waals surface area contributed by atoms with Gasteiger partial charge in [0.25, 0.3) is 11.8 Å². The Morgan fingerprint density at radius 2 is 1.00 bits per heavy atom. The summed E-state index contributed by atoms with van der Waals surface area (Å²) >= 11 is 0. The van der Waals surface area contributed by atoms with Gasteiger partial charge >= 0.3 is 5.97 Å². The van der Waals surface area contributed by atoms with Crippen LogP contribution < -0.4 is 29.6 Å². The summed E-state index contributed by atoms with van der Waals surface area (Å²) in [7, 11) is 0. The molecule has 2 aromatic heterocycles. The summed E-state index contributed by atoms with van der Waals surface area (Å²) in [4.78, 5) is 48.8. The van der Waals surface area contributed by atoms with E-state index in [0.717, 1.165) is 0 Å². The molecule has 0 atom stereocenters. The molecule has 0 unspecified atom stereocenters. The van der Waals surface area contributed by atoms with Gasteiger partial charge in [0.2, 0.25) is 6.17 Å². The topological polar surface area (TPSA) is 158 Å². The number of hydrogen-bond acceptors (Lipinski definition) is 9. The lowest BCUT2D eigenvalue weighted by Crippen LogP contribution is -2.53. The van der Waals surface area contributed by atoms with Gasteiger partial charge in [-0.2, -0.15) is 0 Å². The van der Waals surface area contributed by atoms with E-state index >= 15 is 0 Å².